The molecule has 1 aromatic carbocycles. The van der Waals surface area contributed by atoms with E-state index < -0.39 is 0 Å². The number of benzene rings is 1. The zero-order valence-electron chi connectivity index (χ0n) is 11.7. The quantitative estimate of drug-likeness (QED) is 0.863. The molecule has 0 unspecified atom stereocenters. The van der Waals surface area contributed by atoms with E-state index >= 15 is 0 Å². The Kier molecular flexibility index (Phi) is 4.51. The predicted octanol–water partition coefficient (Wildman–Crippen LogP) is 3.70. The van der Waals surface area contributed by atoms with Crippen molar-refractivity contribution in [1.82, 2.24) is 9.78 Å². The normalized spacial score (nSPS) is 10.8. The number of hydrogen-bond acceptors (Lipinski definition) is 2. The Bertz CT molecular complexity index is 662. The highest BCUT2D eigenvalue weighted by molar-refractivity contribution is 6.42. The van der Waals surface area contributed by atoms with Gasteiger partial charge in [0, 0.05) is 31.1 Å². The second-order valence-electron chi connectivity index (χ2n) is 4.91. The summed E-state index contributed by atoms with van der Waals surface area (Å²) in [5.41, 5.74) is 3.83. The molecule has 0 saturated heterocycles. The summed E-state index contributed by atoms with van der Waals surface area (Å²) < 4.78 is 1.80. The van der Waals surface area contributed by atoms with Crippen LogP contribution in [-0.2, 0) is 24.7 Å². The van der Waals surface area contributed by atoms with E-state index in [1.807, 2.05) is 27.0 Å². The van der Waals surface area contributed by atoms with Crippen LogP contribution in [0.2, 0.25) is 10.0 Å². The number of aromatic nitrogens is 2. The Morgan fingerprint density at radius 1 is 1.20 bits per heavy atom. The van der Waals surface area contributed by atoms with E-state index in [2.05, 4.69) is 5.10 Å². The zero-order valence-corrected chi connectivity index (χ0v) is 13.2. The summed E-state index contributed by atoms with van der Waals surface area (Å²) in [5, 5.41) is 5.30. The van der Waals surface area contributed by atoms with Gasteiger partial charge in [-0.3, -0.25) is 9.48 Å². The fourth-order valence-corrected chi connectivity index (χ4v) is 2.53. The summed E-state index contributed by atoms with van der Waals surface area (Å²) in [6, 6.07) is 5.28. The molecule has 1 heterocycles. The predicted molar refractivity (Wildman–Crippen MR) is 81.6 cm³/mol. The molecule has 20 heavy (non-hydrogen) atoms. The summed E-state index contributed by atoms with van der Waals surface area (Å²) in [5.74, 6) is 0.141. The Labute approximate surface area is 128 Å². The van der Waals surface area contributed by atoms with Gasteiger partial charge >= 0.3 is 0 Å². The van der Waals surface area contributed by atoms with E-state index in [1.165, 1.54) is 0 Å². The van der Waals surface area contributed by atoms with Crippen molar-refractivity contribution in [1.29, 1.82) is 0 Å². The van der Waals surface area contributed by atoms with Gasteiger partial charge in [-0.1, -0.05) is 29.3 Å². The first-order valence-electron chi connectivity index (χ1n) is 6.33. The molecule has 0 atom stereocenters. The second-order valence-corrected chi connectivity index (χ2v) is 5.73. The van der Waals surface area contributed by atoms with Crippen molar-refractivity contribution in [3.05, 3.63) is 50.8 Å². The Balaban J connectivity index is 2.11. The van der Waals surface area contributed by atoms with Gasteiger partial charge in [-0.15, -0.1) is 0 Å². The van der Waals surface area contributed by atoms with Crippen molar-refractivity contribution in [2.75, 3.05) is 0 Å². The highest BCUT2D eigenvalue weighted by Crippen LogP contribution is 2.23. The molecule has 106 valence electrons. The lowest BCUT2D eigenvalue weighted by molar-refractivity contribution is -0.117. The molecule has 0 amide bonds. The van der Waals surface area contributed by atoms with E-state index in [4.69, 9.17) is 23.2 Å². The molecule has 0 aliphatic rings. The summed E-state index contributed by atoms with van der Waals surface area (Å²) >= 11 is 11.8. The number of aryl methyl sites for hydroxylation is 2. The average Bonchev–Trinajstić information content (AvgIpc) is 2.61. The van der Waals surface area contributed by atoms with Gasteiger partial charge in [0.1, 0.15) is 5.78 Å². The minimum Gasteiger partial charge on any atom is -0.299 e. The molecule has 0 aliphatic heterocycles. The number of halogens is 2. The molecule has 1 aromatic heterocycles. The fourth-order valence-electron chi connectivity index (χ4n) is 2.21. The lowest BCUT2D eigenvalue weighted by Gasteiger charge is -2.04. The van der Waals surface area contributed by atoms with Gasteiger partial charge in [0.15, 0.2) is 0 Å². The highest BCUT2D eigenvalue weighted by Gasteiger charge is 2.14. The fraction of sp³-hybridized carbons (Fsp3) is 0.333. The average molecular weight is 311 g/mol. The smallest absolute Gasteiger partial charge is 0.141 e. The Morgan fingerprint density at radius 2 is 1.90 bits per heavy atom. The molecule has 0 aliphatic carbocycles. The van der Waals surface area contributed by atoms with Gasteiger partial charge in [0.25, 0.3) is 0 Å². The van der Waals surface area contributed by atoms with Gasteiger partial charge in [-0.2, -0.15) is 5.10 Å². The third-order valence-corrected chi connectivity index (χ3v) is 4.16. The van der Waals surface area contributed by atoms with E-state index in [0.29, 0.717) is 22.9 Å². The largest absolute Gasteiger partial charge is 0.299 e. The van der Waals surface area contributed by atoms with Crippen molar-refractivity contribution in [3.8, 4) is 0 Å². The highest BCUT2D eigenvalue weighted by atomic mass is 35.5. The van der Waals surface area contributed by atoms with Crippen LogP contribution in [0.1, 0.15) is 22.5 Å². The van der Waals surface area contributed by atoms with Crippen molar-refractivity contribution in [2.24, 2.45) is 7.05 Å². The van der Waals surface area contributed by atoms with Gasteiger partial charge < -0.3 is 0 Å². The summed E-state index contributed by atoms with van der Waals surface area (Å²) in [6.45, 7) is 3.90. The third-order valence-electron chi connectivity index (χ3n) is 3.42. The van der Waals surface area contributed by atoms with Crippen LogP contribution in [0.25, 0.3) is 0 Å². The topological polar surface area (TPSA) is 34.9 Å². The molecule has 0 radical (unpaired) electrons. The molecule has 2 rings (SSSR count). The maximum atomic E-state index is 12.2. The molecular formula is C15H16Cl2N2O. The van der Waals surface area contributed by atoms with Crippen LogP contribution in [0.3, 0.4) is 0 Å². The summed E-state index contributed by atoms with van der Waals surface area (Å²) in [4.78, 5) is 12.2. The van der Waals surface area contributed by atoms with Crippen LogP contribution in [0.5, 0.6) is 0 Å². The van der Waals surface area contributed by atoms with Crippen LogP contribution >= 0.6 is 23.2 Å². The van der Waals surface area contributed by atoms with Gasteiger partial charge in [0.2, 0.25) is 0 Å². The molecule has 0 N–H and O–H groups in total. The minimum absolute atomic E-state index is 0.141. The Morgan fingerprint density at radius 3 is 2.45 bits per heavy atom. The van der Waals surface area contributed by atoms with Crippen molar-refractivity contribution in [3.63, 3.8) is 0 Å². The lowest BCUT2D eigenvalue weighted by Crippen LogP contribution is -2.08. The first-order valence-corrected chi connectivity index (χ1v) is 7.08. The summed E-state index contributed by atoms with van der Waals surface area (Å²) in [6.07, 6.45) is 0.746. The third kappa shape index (κ3) is 3.22. The number of ketones is 1. The molecule has 2 aromatic rings. The molecule has 0 saturated carbocycles. The molecule has 3 nitrogen and oxygen atoms in total. The maximum Gasteiger partial charge on any atom is 0.141 e. The number of carbonyl (C=O) groups is 1. The molecule has 0 spiro atoms. The molecule has 0 fully saturated rings. The monoisotopic (exact) mass is 310 g/mol. The first-order chi connectivity index (χ1) is 9.38. The number of Topliss-reactive ketones (excluding diaryl/α,β-unsaturated/α-hetero) is 1. The second kappa shape index (κ2) is 5.98. The van der Waals surface area contributed by atoms with Crippen molar-refractivity contribution >= 4 is 29.0 Å². The minimum atomic E-state index is 0.141. The number of carbonyl (C=O) groups excluding carboxylic acids is 1. The van der Waals surface area contributed by atoms with Crippen LogP contribution in [-0.4, -0.2) is 15.6 Å². The van der Waals surface area contributed by atoms with Gasteiger partial charge in [0.05, 0.1) is 15.7 Å². The first kappa shape index (κ1) is 15.1. The SMILES string of the molecule is Cc1nn(C)c(C)c1CC(=O)Cc1ccc(Cl)c(Cl)c1. The van der Waals surface area contributed by atoms with E-state index in [1.54, 1.807) is 16.8 Å². The zero-order chi connectivity index (χ0) is 14.9. The van der Waals surface area contributed by atoms with Crippen LogP contribution in [0.15, 0.2) is 18.2 Å². The standard InChI is InChI=1S/C15H16Cl2N2O/c1-9-13(10(2)19(3)18-9)8-12(20)6-11-4-5-14(16)15(17)7-11/h4-5,7H,6,8H2,1-3H3. The number of nitrogens with zero attached hydrogens (tertiary/aromatic N) is 2. The maximum absolute atomic E-state index is 12.2. The van der Waals surface area contributed by atoms with Crippen molar-refractivity contribution < 1.29 is 4.79 Å². The van der Waals surface area contributed by atoms with Crippen LogP contribution in [0.4, 0.5) is 0 Å². The van der Waals surface area contributed by atoms with Crippen LogP contribution < -0.4 is 0 Å². The van der Waals surface area contributed by atoms with Crippen LogP contribution in [0, 0.1) is 13.8 Å². The Hall–Kier alpha value is -1.32. The molecular weight excluding hydrogens is 295 g/mol. The molecule has 5 heteroatoms. The molecule has 0 bridgehead atoms. The van der Waals surface area contributed by atoms with E-state index in [0.717, 1.165) is 22.5 Å². The lowest BCUT2D eigenvalue weighted by atomic mass is 10.0. The van der Waals surface area contributed by atoms with Gasteiger partial charge in [-0.05, 0) is 31.5 Å². The number of rotatable bonds is 4. The van der Waals surface area contributed by atoms with E-state index in [-0.39, 0.29) is 5.78 Å². The summed E-state index contributed by atoms with van der Waals surface area (Å²) in [7, 11) is 1.88. The number of hydrogen-bond donors (Lipinski definition) is 0. The van der Waals surface area contributed by atoms with Gasteiger partial charge in [-0.25, -0.2) is 0 Å². The van der Waals surface area contributed by atoms with Crippen molar-refractivity contribution in [2.45, 2.75) is 26.7 Å². The van der Waals surface area contributed by atoms with E-state index in [9.17, 15) is 4.79 Å².